The number of carbonyl (C=O) groups excluding carboxylic acids is 1. The third-order valence-corrected chi connectivity index (χ3v) is 7.81. The third-order valence-electron chi connectivity index (χ3n) is 6.65. The number of fused-ring (bicyclic) bond motifs is 1. The van der Waals surface area contributed by atoms with E-state index in [2.05, 4.69) is 9.97 Å². The van der Waals surface area contributed by atoms with Gasteiger partial charge in [-0.2, -0.15) is 0 Å². The summed E-state index contributed by atoms with van der Waals surface area (Å²) in [5, 5.41) is 0. The number of amides is 1. The molecule has 2 aliphatic heterocycles. The molecule has 1 unspecified atom stereocenters. The van der Waals surface area contributed by atoms with Crippen molar-refractivity contribution in [1.29, 1.82) is 0 Å². The fourth-order valence-electron chi connectivity index (χ4n) is 4.81. The quantitative estimate of drug-likeness (QED) is 0.472. The van der Waals surface area contributed by atoms with Crippen LogP contribution < -0.4 is 5.69 Å². The van der Waals surface area contributed by atoms with Gasteiger partial charge in [0.05, 0.1) is 11.6 Å². The highest BCUT2D eigenvalue weighted by Gasteiger charge is 2.65. The van der Waals surface area contributed by atoms with Crippen molar-refractivity contribution in [2.75, 3.05) is 26.3 Å². The van der Waals surface area contributed by atoms with E-state index >= 15 is 0 Å². The van der Waals surface area contributed by atoms with E-state index in [1.165, 1.54) is 4.90 Å². The molecule has 2 aliphatic rings. The zero-order valence-electron chi connectivity index (χ0n) is 18.4. The maximum atomic E-state index is 13.0. The van der Waals surface area contributed by atoms with Gasteiger partial charge in [-0.05, 0) is 61.1 Å². The summed E-state index contributed by atoms with van der Waals surface area (Å²) in [4.78, 5) is 32.1. The van der Waals surface area contributed by atoms with Crippen LogP contribution in [0.15, 0.2) is 46.2 Å². The van der Waals surface area contributed by atoms with Crippen LogP contribution in [0.5, 0.6) is 0 Å². The molecular formula is C22H23F5N4O3S. The van der Waals surface area contributed by atoms with E-state index in [-0.39, 0.29) is 48.4 Å². The van der Waals surface area contributed by atoms with Crippen LogP contribution in [-0.4, -0.2) is 51.6 Å². The average molecular weight is 519 g/mol. The smallest absolute Gasteiger partial charge is 0.327 e. The Hall–Kier alpha value is -2.93. The molecule has 0 saturated carbocycles. The van der Waals surface area contributed by atoms with Gasteiger partial charge in [0.1, 0.15) is 4.90 Å². The minimum atomic E-state index is -9.81. The molecular weight excluding hydrogens is 495 g/mol. The van der Waals surface area contributed by atoms with Gasteiger partial charge in [0.25, 0.3) is 5.91 Å². The Bertz CT molecular complexity index is 1350. The van der Waals surface area contributed by atoms with Crippen LogP contribution in [0.1, 0.15) is 47.1 Å². The average Bonchev–Trinajstić information content (AvgIpc) is 3.41. The molecule has 7 nitrogen and oxygen atoms in total. The molecule has 0 bridgehead atoms. The minimum Gasteiger partial charge on any atom is -0.381 e. The van der Waals surface area contributed by atoms with Gasteiger partial charge >= 0.3 is 15.9 Å². The first kappa shape index (κ1) is 23.8. The molecule has 5 rings (SSSR count). The third kappa shape index (κ3) is 4.66. The lowest BCUT2D eigenvalue weighted by Crippen LogP contribution is -2.30. The lowest BCUT2D eigenvalue weighted by molar-refractivity contribution is 0.0787. The van der Waals surface area contributed by atoms with Gasteiger partial charge in [0.2, 0.25) is 0 Å². The van der Waals surface area contributed by atoms with E-state index in [9.17, 15) is 29.0 Å². The molecule has 190 valence electrons. The van der Waals surface area contributed by atoms with Crippen molar-refractivity contribution in [2.45, 2.75) is 36.1 Å². The first-order valence-corrected chi connectivity index (χ1v) is 13.1. The number of nitrogens with zero attached hydrogens (tertiary/aromatic N) is 3. The van der Waals surface area contributed by atoms with Gasteiger partial charge in [-0.15, -0.1) is 0 Å². The summed E-state index contributed by atoms with van der Waals surface area (Å²) >= 11 is 0. The number of aromatic amines is 1. The Labute approximate surface area is 196 Å². The van der Waals surface area contributed by atoms with E-state index < -0.39 is 21.0 Å². The Morgan fingerprint density at radius 2 is 1.74 bits per heavy atom. The maximum absolute atomic E-state index is 13.0. The molecule has 2 aromatic heterocycles. The predicted molar refractivity (Wildman–Crippen MR) is 121 cm³/mol. The van der Waals surface area contributed by atoms with Gasteiger partial charge in [0.15, 0.2) is 5.65 Å². The van der Waals surface area contributed by atoms with Crippen molar-refractivity contribution in [1.82, 2.24) is 19.4 Å². The second kappa shape index (κ2) is 7.53. The number of imidazole rings is 1. The first-order chi connectivity index (χ1) is 16.3. The van der Waals surface area contributed by atoms with Gasteiger partial charge in [-0.25, -0.2) is 9.78 Å². The molecule has 35 heavy (non-hydrogen) atoms. The van der Waals surface area contributed by atoms with Crippen molar-refractivity contribution < 1.29 is 29.0 Å². The zero-order valence-corrected chi connectivity index (χ0v) is 19.2. The number of carbonyl (C=O) groups is 1. The number of H-pyrrole nitrogens is 1. The van der Waals surface area contributed by atoms with Crippen LogP contribution >= 0.6 is 10.2 Å². The predicted octanol–water partition coefficient (Wildman–Crippen LogP) is 5.36. The van der Waals surface area contributed by atoms with Crippen molar-refractivity contribution >= 4 is 27.3 Å². The monoisotopic (exact) mass is 518 g/mol. The highest BCUT2D eigenvalue weighted by Crippen LogP contribution is 3.02. The van der Waals surface area contributed by atoms with E-state index in [0.717, 1.165) is 30.5 Å². The highest BCUT2D eigenvalue weighted by molar-refractivity contribution is 8.45. The summed E-state index contributed by atoms with van der Waals surface area (Å²) in [5.74, 6) is -0.315. The SMILES string of the molecule is O=C(c1ccc(S(F)(F)(F)(F)F)cc1)N1CCC(n2c(=O)[nH]c3ncc(C4CCOCC4)cc32)C1. The number of benzene rings is 1. The largest absolute Gasteiger partial charge is 0.381 e. The molecule has 0 aliphatic carbocycles. The molecule has 0 spiro atoms. The number of pyridine rings is 1. The zero-order chi connectivity index (χ0) is 25.1. The standard InChI is InChI=1S/C22H23F5N4O3S/c23-35(24,25,26,27)18-3-1-15(2-4-18)21(32)30-8-5-17(13-30)31-19-11-16(14-6-9-34-10-7-14)12-28-20(19)29-22(31)33/h1-4,11-12,14,17H,5-10,13H2,(H,28,29,33). The van der Waals surface area contributed by atoms with Crippen LogP contribution in [0.25, 0.3) is 11.2 Å². The molecule has 3 aromatic rings. The summed E-state index contributed by atoms with van der Waals surface area (Å²) in [5.41, 5.74) is 1.56. The summed E-state index contributed by atoms with van der Waals surface area (Å²) in [7, 11) is -9.81. The second-order valence-corrected chi connectivity index (χ2v) is 11.4. The molecule has 1 N–H and O–H groups in total. The van der Waals surface area contributed by atoms with Crippen LogP contribution in [-0.2, 0) is 4.74 Å². The number of rotatable bonds is 4. The number of likely N-dealkylation sites (tertiary alicyclic amines) is 1. The Kier molecular flexibility index (Phi) is 5.12. The fraction of sp³-hybridized carbons (Fsp3) is 0.409. The van der Waals surface area contributed by atoms with Gasteiger partial charge < -0.3 is 9.64 Å². The first-order valence-electron chi connectivity index (χ1n) is 11.1. The Balaban J connectivity index is 1.37. The summed E-state index contributed by atoms with van der Waals surface area (Å²) < 4.78 is 71.8. The number of hydrogen-bond donors (Lipinski definition) is 1. The molecule has 2 saturated heterocycles. The van der Waals surface area contributed by atoms with E-state index in [4.69, 9.17) is 4.74 Å². The molecule has 13 heteroatoms. The van der Waals surface area contributed by atoms with E-state index in [1.807, 2.05) is 6.07 Å². The van der Waals surface area contributed by atoms with Crippen LogP contribution in [0.3, 0.4) is 0 Å². The lowest BCUT2D eigenvalue weighted by Gasteiger charge is -2.40. The molecule has 1 aromatic carbocycles. The van der Waals surface area contributed by atoms with E-state index in [1.54, 1.807) is 10.8 Å². The second-order valence-electron chi connectivity index (χ2n) is 9.01. The minimum absolute atomic E-state index is 0.133. The van der Waals surface area contributed by atoms with Crippen LogP contribution in [0.2, 0.25) is 0 Å². The molecule has 2 fully saturated rings. The summed E-state index contributed by atoms with van der Waals surface area (Å²) in [6, 6.07) is 3.54. The van der Waals surface area contributed by atoms with Gasteiger partial charge in [-0.1, -0.05) is 19.4 Å². The topological polar surface area (TPSA) is 80.2 Å². The molecule has 4 heterocycles. The normalized spacial score (nSPS) is 21.7. The Morgan fingerprint density at radius 3 is 2.40 bits per heavy atom. The van der Waals surface area contributed by atoms with Gasteiger partial charge in [-0.3, -0.25) is 14.3 Å². The number of hydrogen-bond acceptors (Lipinski definition) is 4. The number of halogens is 5. The molecule has 0 radical (unpaired) electrons. The van der Waals surface area contributed by atoms with E-state index in [0.29, 0.717) is 30.8 Å². The van der Waals surface area contributed by atoms with Crippen molar-refractivity contribution in [3.05, 3.63) is 58.1 Å². The summed E-state index contributed by atoms with van der Waals surface area (Å²) in [6.45, 7) is 1.73. The van der Waals surface area contributed by atoms with Crippen LogP contribution in [0.4, 0.5) is 19.4 Å². The lowest BCUT2D eigenvalue weighted by atomic mass is 9.93. The fourth-order valence-corrected chi connectivity index (χ4v) is 5.46. The summed E-state index contributed by atoms with van der Waals surface area (Å²) in [6.07, 6.45) is 3.91. The van der Waals surface area contributed by atoms with Crippen molar-refractivity contribution in [3.8, 4) is 0 Å². The van der Waals surface area contributed by atoms with Crippen LogP contribution in [0, 0.1) is 0 Å². The number of ether oxygens (including phenoxy) is 1. The van der Waals surface area contributed by atoms with Crippen molar-refractivity contribution in [2.24, 2.45) is 0 Å². The maximum Gasteiger partial charge on any atom is 0.327 e. The molecule has 1 amide bonds. The molecule has 1 atom stereocenters. The highest BCUT2D eigenvalue weighted by atomic mass is 32.5. The van der Waals surface area contributed by atoms with Crippen molar-refractivity contribution in [3.63, 3.8) is 0 Å². The Morgan fingerprint density at radius 1 is 1.06 bits per heavy atom. The van der Waals surface area contributed by atoms with Gasteiger partial charge in [0, 0.05) is 38.1 Å². The number of aromatic nitrogens is 3. The number of nitrogens with one attached hydrogen (secondary N) is 1.